The van der Waals surface area contributed by atoms with Gasteiger partial charge in [-0.05, 0) is 56.2 Å². The van der Waals surface area contributed by atoms with Crippen molar-refractivity contribution in [2.24, 2.45) is 0 Å². The molecule has 0 N–H and O–H groups in total. The van der Waals surface area contributed by atoms with Crippen LogP contribution in [-0.4, -0.2) is 37.4 Å². The number of hydrogen-bond acceptors (Lipinski definition) is 5. The van der Waals surface area contributed by atoms with Gasteiger partial charge in [0, 0.05) is 6.54 Å². The van der Waals surface area contributed by atoms with Crippen LogP contribution in [0.1, 0.15) is 49.6 Å². The first-order chi connectivity index (χ1) is 17.0. The zero-order chi connectivity index (χ0) is 26.3. The van der Waals surface area contributed by atoms with Crippen LogP contribution < -0.4 is 4.90 Å². The van der Waals surface area contributed by atoms with Crippen molar-refractivity contribution >= 4 is 17.6 Å². The molecule has 2 aromatic carbocycles. The van der Waals surface area contributed by atoms with Gasteiger partial charge in [0.25, 0.3) is 5.91 Å². The first kappa shape index (κ1) is 24.9. The van der Waals surface area contributed by atoms with Crippen LogP contribution >= 0.6 is 0 Å². The molecule has 0 bridgehead atoms. The number of halogens is 3. The second kappa shape index (κ2) is 9.11. The molecule has 186 valence electrons. The molecule has 0 atom stereocenters. The Morgan fingerprint density at radius 1 is 1.06 bits per heavy atom. The summed E-state index contributed by atoms with van der Waals surface area (Å²) in [5, 5.41) is 17.3. The smallest absolute Gasteiger partial charge is 0.305 e. The molecule has 0 aliphatic carbocycles. The van der Waals surface area contributed by atoms with Crippen molar-refractivity contribution in [3.8, 4) is 11.8 Å². The Hall–Kier alpha value is -4.20. The van der Waals surface area contributed by atoms with Crippen molar-refractivity contribution in [2.75, 3.05) is 4.90 Å². The highest BCUT2D eigenvalue weighted by Gasteiger charge is 2.52. The van der Waals surface area contributed by atoms with E-state index in [1.165, 1.54) is 17.0 Å². The van der Waals surface area contributed by atoms with E-state index in [-0.39, 0.29) is 12.2 Å². The van der Waals surface area contributed by atoms with Crippen molar-refractivity contribution < 1.29 is 22.8 Å². The number of benzene rings is 2. The van der Waals surface area contributed by atoms with E-state index in [1.54, 1.807) is 30.7 Å². The molecule has 1 aliphatic rings. The molecule has 1 saturated heterocycles. The van der Waals surface area contributed by atoms with Gasteiger partial charge in [-0.2, -0.15) is 18.4 Å². The minimum absolute atomic E-state index is 0.0647. The van der Waals surface area contributed by atoms with Crippen LogP contribution in [0, 0.1) is 11.3 Å². The minimum atomic E-state index is -4.81. The summed E-state index contributed by atoms with van der Waals surface area (Å²) >= 11 is 0. The number of imide groups is 1. The number of aromatic nitrogens is 3. The summed E-state index contributed by atoms with van der Waals surface area (Å²) < 4.78 is 42.0. The average molecular weight is 496 g/mol. The van der Waals surface area contributed by atoms with Crippen LogP contribution in [0.3, 0.4) is 0 Å². The van der Waals surface area contributed by atoms with Crippen LogP contribution in [0.5, 0.6) is 0 Å². The summed E-state index contributed by atoms with van der Waals surface area (Å²) in [6.07, 6.45) is -1.20. The average Bonchev–Trinajstić information content (AvgIpc) is 3.36. The number of alkyl halides is 3. The number of anilines is 1. The highest BCUT2D eigenvalue weighted by Crippen LogP contribution is 2.38. The SMILES string of the molecule is CCCc1cn(-c2ccc(CN3C(=O)N(c4ccc(C#N)c(C(F)(F)F)c4)C(=O)C3(C)C)cc2)nn1. The monoisotopic (exact) mass is 496 g/mol. The fourth-order valence-electron chi connectivity index (χ4n) is 4.06. The number of nitriles is 1. The molecule has 1 aliphatic heterocycles. The van der Waals surface area contributed by atoms with E-state index in [9.17, 15) is 22.8 Å². The van der Waals surface area contributed by atoms with Crippen LogP contribution in [0.15, 0.2) is 48.7 Å². The van der Waals surface area contributed by atoms with Crippen molar-refractivity contribution in [1.29, 1.82) is 5.26 Å². The summed E-state index contributed by atoms with van der Waals surface area (Å²) in [5.41, 5.74) is -0.961. The highest BCUT2D eigenvalue weighted by molar-refractivity contribution is 6.23. The van der Waals surface area contributed by atoms with Gasteiger partial charge in [-0.1, -0.05) is 30.7 Å². The molecule has 1 fully saturated rings. The summed E-state index contributed by atoms with van der Waals surface area (Å²) in [4.78, 5) is 28.5. The lowest BCUT2D eigenvalue weighted by atomic mass is 10.0. The third-order valence-electron chi connectivity index (χ3n) is 6.10. The van der Waals surface area contributed by atoms with Crippen LogP contribution in [0.4, 0.5) is 23.7 Å². The second-order valence-corrected chi connectivity index (χ2v) is 8.98. The molecule has 2 heterocycles. The van der Waals surface area contributed by atoms with Gasteiger partial charge in [0.05, 0.1) is 40.5 Å². The number of aryl methyl sites for hydroxylation is 1. The third kappa shape index (κ3) is 4.42. The fourth-order valence-corrected chi connectivity index (χ4v) is 4.06. The van der Waals surface area contributed by atoms with Gasteiger partial charge in [0.1, 0.15) is 5.54 Å². The maximum Gasteiger partial charge on any atom is 0.417 e. The van der Waals surface area contributed by atoms with Crippen molar-refractivity contribution in [1.82, 2.24) is 19.9 Å². The van der Waals surface area contributed by atoms with E-state index >= 15 is 0 Å². The molecule has 0 radical (unpaired) electrons. The number of nitrogens with zero attached hydrogens (tertiary/aromatic N) is 6. The first-order valence-electron chi connectivity index (χ1n) is 11.3. The van der Waals surface area contributed by atoms with Crippen LogP contribution in [0.2, 0.25) is 0 Å². The Bertz CT molecular complexity index is 1360. The molecular formula is C25H23F3N6O2. The highest BCUT2D eigenvalue weighted by atomic mass is 19.4. The number of rotatable bonds is 6. The molecule has 4 rings (SSSR count). The standard InChI is InChI=1S/C25H23F3N6O2/c1-4-5-18-15-33(31-30-18)19-9-6-16(7-10-19)14-32-23(36)34(22(35)24(32,2)3)20-11-8-17(13-29)21(12-20)25(26,27)28/h6-12,15H,4-5,14H2,1-3H3. The third-order valence-corrected chi connectivity index (χ3v) is 6.10. The van der Waals surface area contributed by atoms with E-state index in [1.807, 2.05) is 18.3 Å². The molecule has 3 amide bonds. The van der Waals surface area contributed by atoms with Gasteiger partial charge in [-0.3, -0.25) is 4.79 Å². The van der Waals surface area contributed by atoms with Gasteiger partial charge < -0.3 is 4.90 Å². The number of amides is 3. The lowest BCUT2D eigenvalue weighted by Gasteiger charge is -2.27. The zero-order valence-corrected chi connectivity index (χ0v) is 19.9. The largest absolute Gasteiger partial charge is 0.417 e. The Kier molecular flexibility index (Phi) is 6.30. The van der Waals surface area contributed by atoms with E-state index in [2.05, 4.69) is 17.2 Å². The van der Waals surface area contributed by atoms with E-state index in [0.29, 0.717) is 6.07 Å². The summed E-state index contributed by atoms with van der Waals surface area (Å²) in [5.74, 6) is -0.659. The van der Waals surface area contributed by atoms with Crippen molar-refractivity contribution in [2.45, 2.75) is 51.9 Å². The predicted molar refractivity (Wildman–Crippen MR) is 124 cm³/mol. The van der Waals surface area contributed by atoms with Crippen LogP contribution in [-0.2, 0) is 23.9 Å². The lowest BCUT2D eigenvalue weighted by Crippen LogP contribution is -2.43. The molecule has 1 aromatic heterocycles. The number of carbonyl (C=O) groups is 2. The first-order valence-corrected chi connectivity index (χ1v) is 11.3. The second-order valence-electron chi connectivity index (χ2n) is 8.98. The quantitative estimate of drug-likeness (QED) is 0.455. The lowest BCUT2D eigenvalue weighted by molar-refractivity contribution is -0.137. The van der Waals surface area contributed by atoms with Crippen molar-refractivity contribution in [3.63, 3.8) is 0 Å². The van der Waals surface area contributed by atoms with Gasteiger partial charge in [-0.25, -0.2) is 14.4 Å². The number of urea groups is 1. The molecule has 36 heavy (non-hydrogen) atoms. The van der Waals surface area contributed by atoms with Gasteiger partial charge in [-0.15, -0.1) is 5.10 Å². The molecule has 0 spiro atoms. The van der Waals surface area contributed by atoms with Crippen molar-refractivity contribution in [3.05, 3.63) is 71.0 Å². The maximum absolute atomic E-state index is 13.4. The minimum Gasteiger partial charge on any atom is -0.305 e. The van der Waals surface area contributed by atoms with E-state index in [4.69, 9.17) is 5.26 Å². The maximum atomic E-state index is 13.4. The Labute approximate surface area is 205 Å². The molecular weight excluding hydrogens is 473 g/mol. The summed E-state index contributed by atoms with van der Waals surface area (Å²) in [6.45, 7) is 5.20. The topological polar surface area (TPSA) is 95.1 Å². The Morgan fingerprint density at radius 2 is 1.72 bits per heavy atom. The number of hydrogen-bond donors (Lipinski definition) is 0. The molecule has 3 aromatic rings. The van der Waals surface area contributed by atoms with E-state index in [0.717, 1.165) is 40.8 Å². The number of carbonyl (C=O) groups excluding carboxylic acids is 2. The fraction of sp³-hybridized carbons (Fsp3) is 0.320. The Morgan fingerprint density at radius 3 is 2.33 bits per heavy atom. The van der Waals surface area contributed by atoms with Gasteiger partial charge in [0.2, 0.25) is 0 Å². The normalized spacial score (nSPS) is 15.5. The van der Waals surface area contributed by atoms with Gasteiger partial charge in [0.15, 0.2) is 0 Å². The van der Waals surface area contributed by atoms with Gasteiger partial charge >= 0.3 is 12.2 Å². The summed E-state index contributed by atoms with van der Waals surface area (Å²) in [7, 11) is 0. The predicted octanol–water partition coefficient (Wildman–Crippen LogP) is 4.86. The molecule has 11 heteroatoms. The van der Waals surface area contributed by atoms with E-state index < -0.39 is 34.8 Å². The molecule has 0 unspecified atom stereocenters. The summed E-state index contributed by atoms with van der Waals surface area (Å²) in [6, 6.07) is 10.7. The van der Waals surface area contributed by atoms with Crippen LogP contribution in [0.25, 0.3) is 5.69 Å². The molecule has 0 saturated carbocycles. The zero-order valence-electron chi connectivity index (χ0n) is 19.9. The molecule has 8 nitrogen and oxygen atoms in total. The Balaban J connectivity index is 1.60.